The second-order valence-corrected chi connectivity index (χ2v) is 5.37. The van der Waals surface area contributed by atoms with E-state index in [1.54, 1.807) is 0 Å². The van der Waals surface area contributed by atoms with Gasteiger partial charge in [-0.2, -0.15) is 0 Å². The number of aliphatic hydroxyl groups is 1. The maximum Gasteiger partial charge on any atom is 0.235 e. The van der Waals surface area contributed by atoms with Crippen LogP contribution in [-0.2, 0) is 14.6 Å². The molecule has 5 nitrogen and oxygen atoms in total. The molecule has 7 heteroatoms. The predicted octanol–water partition coefficient (Wildman–Crippen LogP) is -1.50. The lowest BCUT2D eigenvalue weighted by molar-refractivity contribution is -0.119. The number of nitrogens with one attached hydrogen (secondary N) is 1. The number of aliphatic hydroxyl groups excluding tert-OH is 1. The van der Waals surface area contributed by atoms with Crippen molar-refractivity contribution < 1.29 is 18.3 Å². The maximum atomic E-state index is 11.0. The van der Waals surface area contributed by atoms with Crippen LogP contribution in [0.25, 0.3) is 0 Å². The first kappa shape index (κ1) is 10.7. The Morgan fingerprint density at radius 3 is 2.54 bits per heavy atom. The molecular formula is C6H10ClNO4S. The molecule has 0 aromatic heterocycles. The van der Waals surface area contributed by atoms with Gasteiger partial charge in [0.1, 0.15) is 5.88 Å². The van der Waals surface area contributed by atoms with Crippen LogP contribution < -0.4 is 5.32 Å². The van der Waals surface area contributed by atoms with Crippen LogP contribution >= 0.6 is 11.6 Å². The van der Waals surface area contributed by atoms with Gasteiger partial charge in [0.2, 0.25) is 5.91 Å². The first-order chi connectivity index (χ1) is 5.94. The quantitative estimate of drug-likeness (QED) is 0.563. The standard InChI is InChI=1S/C6H10ClNO4S/c7-1-6(10)8-4-2-13(11,12)3-5(4)9/h4-5,9H,1-3H2,(H,8,10)/t4-,5-/m1/s1. The van der Waals surface area contributed by atoms with E-state index in [4.69, 9.17) is 11.6 Å². The number of hydrogen-bond acceptors (Lipinski definition) is 4. The van der Waals surface area contributed by atoms with Crippen LogP contribution in [0.2, 0.25) is 0 Å². The summed E-state index contributed by atoms with van der Waals surface area (Å²) in [4.78, 5) is 10.8. The molecule has 0 aromatic carbocycles. The van der Waals surface area contributed by atoms with E-state index < -0.39 is 27.9 Å². The summed E-state index contributed by atoms with van der Waals surface area (Å²) in [5.41, 5.74) is 0. The van der Waals surface area contributed by atoms with E-state index >= 15 is 0 Å². The summed E-state index contributed by atoms with van der Waals surface area (Å²) in [5, 5.41) is 11.6. The van der Waals surface area contributed by atoms with Crippen molar-refractivity contribution in [3.63, 3.8) is 0 Å². The molecule has 1 amide bonds. The third-order valence-electron chi connectivity index (χ3n) is 1.79. The Balaban J connectivity index is 2.59. The van der Waals surface area contributed by atoms with Crippen LogP contribution in [-0.4, -0.2) is 49.0 Å². The minimum atomic E-state index is -3.21. The third-order valence-corrected chi connectivity index (χ3v) is 3.75. The van der Waals surface area contributed by atoms with E-state index in [1.807, 2.05) is 0 Å². The Morgan fingerprint density at radius 1 is 1.54 bits per heavy atom. The molecule has 0 bridgehead atoms. The van der Waals surface area contributed by atoms with E-state index in [1.165, 1.54) is 0 Å². The molecule has 1 rings (SSSR count). The number of amides is 1. The third kappa shape index (κ3) is 2.82. The van der Waals surface area contributed by atoms with Gasteiger partial charge in [-0.1, -0.05) is 0 Å². The monoisotopic (exact) mass is 227 g/mol. The molecule has 76 valence electrons. The summed E-state index contributed by atoms with van der Waals surface area (Å²) < 4.78 is 22.0. The van der Waals surface area contributed by atoms with Crippen molar-refractivity contribution in [2.45, 2.75) is 12.1 Å². The molecule has 0 saturated carbocycles. The number of rotatable bonds is 2. The molecule has 1 aliphatic heterocycles. The summed E-state index contributed by atoms with van der Waals surface area (Å²) in [6.45, 7) is 0. The van der Waals surface area contributed by atoms with Crippen LogP contribution in [0, 0.1) is 0 Å². The predicted molar refractivity (Wildman–Crippen MR) is 47.3 cm³/mol. The zero-order chi connectivity index (χ0) is 10.1. The van der Waals surface area contributed by atoms with Gasteiger partial charge in [0.25, 0.3) is 0 Å². The number of carbonyl (C=O) groups excluding carboxylic acids is 1. The van der Waals surface area contributed by atoms with Gasteiger partial charge in [0.05, 0.1) is 23.7 Å². The lowest BCUT2D eigenvalue weighted by Crippen LogP contribution is -2.43. The summed E-state index contributed by atoms with van der Waals surface area (Å²) in [7, 11) is -3.21. The van der Waals surface area contributed by atoms with Crippen molar-refractivity contribution in [3.8, 4) is 0 Å². The average molecular weight is 228 g/mol. The number of carbonyl (C=O) groups is 1. The first-order valence-corrected chi connectivity index (χ1v) is 6.04. The fourth-order valence-corrected chi connectivity index (χ4v) is 3.03. The SMILES string of the molecule is O=C(CCl)N[C@@H]1CS(=O)(=O)C[C@H]1O. The number of halogens is 1. The highest BCUT2D eigenvalue weighted by atomic mass is 35.5. The van der Waals surface area contributed by atoms with Crippen molar-refractivity contribution in [2.24, 2.45) is 0 Å². The molecule has 0 radical (unpaired) electrons. The van der Waals surface area contributed by atoms with Crippen LogP contribution in [0.1, 0.15) is 0 Å². The molecule has 13 heavy (non-hydrogen) atoms. The Bertz CT molecular complexity index is 302. The largest absolute Gasteiger partial charge is 0.390 e. The second kappa shape index (κ2) is 3.81. The van der Waals surface area contributed by atoms with E-state index in [9.17, 15) is 18.3 Å². The maximum absolute atomic E-state index is 11.0. The van der Waals surface area contributed by atoms with Crippen molar-refractivity contribution in [3.05, 3.63) is 0 Å². The van der Waals surface area contributed by atoms with E-state index in [0.29, 0.717) is 0 Å². The van der Waals surface area contributed by atoms with Gasteiger partial charge in [-0.05, 0) is 0 Å². The topological polar surface area (TPSA) is 83.5 Å². The summed E-state index contributed by atoms with van der Waals surface area (Å²) in [5.74, 6) is -1.21. The molecular weight excluding hydrogens is 218 g/mol. The first-order valence-electron chi connectivity index (χ1n) is 3.68. The van der Waals surface area contributed by atoms with Gasteiger partial charge in [0, 0.05) is 0 Å². The molecule has 0 aromatic rings. The fourth-order valence-electron chi connectivity index (χ4n) is 1.21. The van der Waals surface area contributed by atoms with E-state index in [-0.39, 0.29) is 17.4 Å². The molecule has 2 atom stereocenters. The molecule has 1 fully saturated rings. The van der Waals surface area contributed by atoms with Gasteiger partial charge < -0.3 is 10.4 Å². The van der Waals surface area contributed by atoms with Gasteiger partial charge in [0.15, 0.2) is 9.84 Å². The fraction of sp³-hybridized carbons (Fsp3) is 0.833. The van der Waals surface area contributed by atoms with Crippen molar-refractivity contribution in [1.29, 1.82) is 0 Å². The highest BCUT2D eigenvalue weighted by Gasteiger charge is 2.36. The second-order valence-electron chi connectivity index (χ2n) is 2.95. The van der Waals surface area contributed by atoms with Crippen LogP contribution in [0.3, 0.4) is 0 Å². The summed E-state index contributed by atoms with van der Waals surface area (Å²) in [6, 6.07) is -0.712. The number of sulfone groups is 1. The van der Waals surface area contributed by atoms with Crippen LogP contribution in [0.4, 0.5) is 0 Å². The van der Waals surface area contributed by atoms with Crippen molar-refractivity contribution in [1.82, 2.24) is 5.32 Å². The minimum Gasteiger partial charge on any atom is -0.390 e. The zero-order valence-corrected chi connectivity index (χ0v) is 8.31. The number of hydrogen-bond donors (Lipinski definition) is 2. The highest BCUT2D eigenvalue weighted by Crippen LogP contribution is 2.12. The molecule has 1 aliphatic rings. The molecule has 0 aliphatic carbocycles. The van der Waals surface area contributed by atoms with Crippen LogP contribution in [0.15, 0.2) is 0 Å². The zero-order valence-electron chi connectivity index (χ0n) is 6.73. The lowest BCUT2D eigenvalue weighted by Gasteiger charge is -2.13. The molecule has 0 spiro atoms. The Hall–Kier alpha value is -0.330. The van der Waals surface area contributed by atoms with Gasteiger partial charge >= 0.3 is 0 Å². The van der Waals surface area contributed by atoms with Crippen molar-refractivity contribution in [2.75, 3.05) is 17.4 Å². The smallest absolute Gasteiger partial charge is 0.235 e. The van der Waals surface area contributed by atoms with E-state index in [0.717, 1.165) is 0 Å². The Kier molecular flexibility index (Phi) is 3.15. The van der Waals surface area contributed by atoms with E-state index in [2.05, 4.69) is 5.32 Å². The lowest BCUT2D eigenvalue weighted by atomic mass is 10.2. The summed E-state index contributed by atoms with van der Waals surface area (Å²) in [6.07, 6.45) is -1.02. The van der Waals surface area contributed by atoms with Gasteiger partial charge in [-0.15, -0.1) is 11.6 Å². The molecule has 0 unspecified atom stereocenters. The average Bonchev–Trinajstić information content (AvgIpc) is 2.24. The molecule has 1 saturated heterocycles. The Labute approximate surface area is 81.0 Å². The summed E-state index contributed by atoms with van der Waals surface area (Å²) >= 11 is 5.21. The van der Waals surface area contributed by atoms with Gasteiger partial charge in [-0.3, -0.25) is 4.79 Å². The number of alkyl halides is 1. The normalized spacial score (nSPS) is 31.5. The molecule has 1 heterocycles. The highest BCUT2D eigenvalue weighted by molar-refractivity contribution is 7.91. The van der Waals surface area contributed by atoms with Crippen LogP contribution in [0.5, 0.6) is 0 Å². The minimum absolute atomic E-state index is 0.212. The van der Waals surface area contributed by atoms with Crippen molar-refractivity contribution >= 4 is 27.3 Å². The Morgan fingerprint density at radius 2 is 2.15 bits per heavy atom. The molecule has 2 N–H and O–H groups in total. The van der Waals surface area contributed by atoms with Gasteiger partial charge in [-0.25, -0.2) is 8.42 Å².